The lowest BCUT2D eigenvalue weighted by Crippen LogP contribution is -2.68. The SMILES string of the molecule is C=C[C@@H]1C[C@]1(NC(=O)[C@@H]1C[C@@H](Oc2cc(-c3nc(C(C)C)cs3)nc3c(Cl)c(OCCN4CCOCC4)ccc23)[C@H]2CN(C(=O)OC(C)(C)C)[C@H]([C@@H](C)CC)C(=O)N21)C(=O)NS(=O)(=O)C1CC1. The Kier molecular flexibility index (Phi) is 13.9. The van der Waals surface area contributed by atoms with Gasteiger partial charge in [-0.2, -0.15) is 0 Å². The Morgan fingerprint density at radius 2 is 1.85 bits per heavy atom. The number of carbonyl (C=O) groups is 4. The first-order valence-corrected chi connectivity index (χ1v) is 26.1. The minimum absolute atomic E-state index is 0.0351. The first-order valence-electron chi connectivity index (χ1n) is 23.3. The molecule has 2 saturated carbocycles. The highest BCUT2D eigenvalue weighted by molar-refractivity contribution is 7.91. The van der Waals surface area contributed by atoms with Crippen LogP contribution in [0.1, 0.15) is 92.2 Å². The number of hydrogen-bond donors (Lipinski definition) is 2. The third-order valence-corrected chi connectivity index (χ3v) is 16.5. The average molecular weight is 985 g/mol. The fraction of sp³-hybridized carbons (Fsp3) is 0.617. The molecule has 8 rings (SSSR count). The van der Waals surface area contributed by atoms with E-state index in [-0.39, 0.29) is 36.2 Å². The van der Waals surface area contributed by atoms with Crippen molar-refractivity contribution in [1.29, 1.82) is 0 Å². The molecule has 20 heteroatoms. The monoisotopic (exact) mass is 983 g/mol. The number of nitrogens with one attached hydrogen (secondary N) is 2. The predicted octanol–water partition coefficient (Wildman–Crippen LogP) is 5.90. The molecule has 0 bridgehead atoms. The van der Waals surface area contributed by atoms with Gasteiger partial charge in [-0.05, 0) is 64.0 Å². The van der Waals surface area contributed by atoms with Crippen LogP contribution >= 0.6 is 22.9 Å². The molecule has 7 atom stereocenters. The Morgan fingerprint density at radius 1 is 1.12 bits per heavy atom. The number of amides is 4. The number of aromatic nitrogens is 2. The van der Waals surface area contributed by atoms with Crippen molar-refractivity contribution in [2.24, 2.45) is 11.8 Å². The molecule has 4 amide bonds. The molecule has 5 aliphatic rings. The number of sulfonamides is 1. The first kappa shape index (κ1) is 48.9. The number of nitrogens with zero attached hydrogens (tertiary/aromatic N) is 5. The van der Waals surface area contributed by atoms with Crippen molar-refractivity contribution in [3.05, 3.63) is 47.0 Å². The molecule has 1 aromatic carbocycles. The number of pyridine rings is 1. The number of piperazine rings is 1. The molecule has 67 heavy (non-hydrogen) atoms. The summed E-state index contributed by atoms with van der Waals surface area (Å²) in [4.78, 5) is 72.9. The van der Waals surface area contributed by atoms with E-state index >= 15 is 4.79 Å². The van der Waals surface area contributed by atoms with Gasteiger partial charge >= 0.3 is 6.09 Å². The maximum absolute atomic E-state index is 15.1. The lowest BCUT2D eigenvalue weighted by atomic mass is 9.92. The minimum atomic E-state index is -3.95. The fourth-order valence-corrected chi connectivity index (χ4v) is 11.7. The van der Waals surface area contributed by atoms with E-state index in [0.29, 0.717) is 78.7 Å². The summed E-state index contributed by atoms with van der Waals surface area (Å²) in [6, 6.07) is 2.31. The second-order valence-corrected chi connectivity index (χ2v) is 22.9. The third kappa shape index (κ3) is 10.1. The van der Waals surface area contributed by atoms with E-state index in [2.05, 4.69) is 35.4 Å². The van der Waals surface area contributed by atoms with Crippen LogP contribution in [0.15, 0.2) is 36.2 Å². The number of thiazole rings is 1. The quantitative estimate of drug-likeness (QED) is 0.161. The van der Waals surface area contributed by atoms with Crippen molar-refractivity contribution >= 4 is 67.7 Å². The number of fused-ring (bicyclic) bond motifs is 2. The molecule has 5 fully saturated rings. The van der Waals surface area contributed by atoms with Gasteiger partial charge in [-0.3, -0.25) is 28.9 Å². The van der Waals surface area contributed by atoms with Gasteiger partial charge in [-0.1, -0.05) is 51.8 Å². The fourth-order valence-electron chi connectivity index (χ4n) is 9.16. The molecule has 3 aromatic rings. The van der Waals surface area contributed by atoms with Gasteiger partial charge in [0.15, 0.2) is 0 Å². The minimum Gasteiger partial charge on any atom is -0.491 e. The van der Waals surface area contributed by atoms with Crippen LogP contribution in [0, 0.1) is 11.8 Å². The van der Waals surface area contributed by atoms with Gasteiger partial charge < -0.3 is 29.2 Å². The van der Waals surface area contributed by atoms with Gasteiger partial charge in [0, 0.05) is 55.4 Å². The predicted molar refractivity (Wildman–Crippen MR) is 254 cm³/mol. The Bertz CT molecular complexity index is 2520. The lowest BCUT2D eigenvalue weighted by molar-refractivity contribution is -0.153. The number of halogens is 1. The average Bonchev–Trinajstić information content (AvgIpc) is 4.17. The molecular weight excluding hydrogens is 922 g/mol. The Labute approximate surface area is 401 Å². The number of rotatable bonds is 16. The maximum Gasteiger partial charge on any atom is 0.411 e. The number of benzene rings is 1. The van der Waals surface area contributed by atoms with E-state index < -0.39 is 80.4 Å². The largest absolute Gasteiger partial charge is 0.491 e. The Morgan fingerprint density at radius 3 is 2.48 bits per heavy atom. The zero-order chi connectivity index (χ0) is 48.2. The highest BCUT2D eigenvalue weighted by Crippen LogP contribution is 2.47. The van der Waals surface area contributed by atoms with E-state index in [1.54, 1.807) is 32.9 Å². The molecule has 3 saturated heterocycles. The van der Waals surface area contributed by atoms with Crippen molar-refractivity contribution < 1.29 is 46.5 Å². The van der Waals surface area contributed by atoms with Crippen LogP contribution in [0.25, 0.3) is 21.6 Å². The molecule has 364 valence electrons. The maximum atomic E-state index is 15.1. The lowest BCUT2D eigenvalue weighted by Gasteiger charge is -2.46. The van der Waals surface area contributed by atoms with Gasteiger partial charge in [-0.25, -0.2) is 23.2 Å². The van der Waals surface area contributed by atoms with Gasteiger partial charge in [0.1, 0.15) is 63.2 Å². The van der Waals surface area contributed by atoms with E-state index in [4.69, 9.17) is 40.5 Å². The summed E-state index contributed by atoms with van der Waals surface area (Å²) >= 11 is 8.60. The molecule has 5 heterocycles. The molecule has 17 nitrogen and oxygen atoms in total. The Hall–Kier alpha value is -4.56. The summed E-state index contributed by atoms with van der Waals surface area (Å²) < 4.78 is 52.7. The van der Waals surface area contributed by atoms with E-state index in [0.717, 1.165) is 18.8 Å². The van der Waals surface area contributed by atoms with Crippen LogP contribution in [0.3, 0.4) is 0 Å². The van der Waals surface area contributed by atoms with E-state index in [9.17, 15) is 22.8 Å². The topological polar surface area (TPSA) is 199 Å². The highest BCUT2D eigenvalue weighted by Gasteiger charge is 2.63. The number of ether oxygens (including phenoxy) is 4. The summed E-state index contributed by atoms with van der Waals surface area (Å²) in [5.74, 6) is -1.92. The summed E-state index contributed by atoms with van der Waals surface area (Å²) in [6.45, 7) is 21.0. The number of morpholine rings is 1. The van der Waals surface area contributed by atoms with Crippen molar-refractivity contribution in [2.45, 2.75) is 127 Å². The second-order valence-electron chi connectivity index (χ2n) is 19.7. The van der Waals surface area contributed by atoms with Gasteiger partial charge in [-0.15, -0.1) is 17.9 Å². The van der Waals surface area contributed by atoms with Crippen molar-refractivity contribution in [1.82, 2.24) is 34.7 Å². The van der Waals surface area contributed by atoms with Crippen LogP contribution in [0.5, 0.6) is 11.5 Å². The first-order chi connectivity index (χ1) is 31.7. The number of carbonyl (C=O) groups excluding carboxylic acids is 4. The molecule has 3 aliphatic heterocycles. The normalized spacial score (nSPS) is 26.0. The summed E-state index contributed by atoms with van der Waals surface area (Å²) in [5.41, 5.74) is -0.693. The summed E-state index contributed by atoms with van der Waals surface area (Å²) in [5, 5.41) is 5.63. The molecule has 0 unspecified atom stereocenters. The molecule has 2 aromatic heterocycles. The van der Waals surface area contributed by atoms with Crippen LogP contribution in [0.4, 0.5) is 4.79 Å². The standard InChI is InChI=1S/C47H62ClN7O10S2/c1-9-27(5)40-43(57)55-33(41(56)51-47(23-28(47)10-2)44(58)52-67(60,61)29-11-12-29)22-37(34(55)24-54(40)45(59)65-46(6,7)8)64-36-21-31(42-50-32(25-66-42)26(3)4)49-39-30(36)13-14-35(38(39)48)63-20-17-53-15-18-62-19-16-53/h10,13-14,21,25-29,33-34,37,40H,2,9,11-12,15-20,22-24H2,1,3-8H3,(H,51,56)(H,52,58)/t27-,28+,33-,34+,37+,40+,47+/m0/s1. The van der Waals surface area contributed by atoms with Crippen molar-refractivity contribution in [3.8, 4) is 22.2 Å². The van der Waals surface area contributed by atoms with Crippen molar-refractivity contribution in [2.75, 3.05) is 46.0 Å². The van der Waals surface area contributed by atoms with Crippen LogP contribution in [-0.2, 0) is 33.9 Å². The Balaban J connectivity index is 1.17. The molecule has 0 spiro atoms. The summed E-state index contributed by atoms with van der Waals surface area (Å²) in [6.07, 6.45) is 1.44. The van der Waals surface area contributed by atoms with Gasteiger partial charge in [0.05, 0.1) is 35.7 Å². The third-order valence-electron chi connectivity index (χ3n) is 13.4. The second kappa shape index (κ2) is 19.1. The molecule has 2 N–H and O–H groups in total. The molecule has 2 aliphatic carbocycles. The van der Waals surface area contributed by atoms with Crippen LogP contribution in [-0.4, -0.2) is 144 Å². The molecule has 0 radical (unpaired) electrons. The van der Waals surface area contributed by atoms with Crippen molar-refractivity contribution in [3.63, 3.8) is 0 Å². The molecular formula is C47H62ClN7O10S2. The summed E-state index contributed by atoms with van der Waals surface area (Å²) in [7, 11) is -3.95. The van der Waals surface area contributed by atoms with E-state index in [1.165, 1.54) is 27.2 Å². The smallest absolute Gasteiger partial charge is 0.411 e. The zero-order valence-electron chi connectivity index (χ0n) is 39.2. The van der Waals surface area contributed by atoms with Gasteiger partial charge in [0.2, 0.25) is 21.8 Å². The van der Waals surface area contributed by atoms with E-state index in [1.807, 2.05) is 25.3 Å². The van der Waals surface area contributed by atoms with Gasteiger partial charge in [0.25, 0.3) is 5.91 Å². The van der Waals surface area contributed by atoms with Crippen LogP contribution < -0.4 is 19.5 Å². The number of hydrogen-bond acceptors (Lipinski definition) is 14. The van der Waals surface area contributed by atoms with Crippen LogP contribution in [0.2, 0.25) is 5.02 Å². The zero-order valence-corrected chi connectivity index (χ0v) is 41.6. The highest BCUT2D eigenvalue weighted by atomic mass is 35.5.